The molecule has 1 aromatic heterocycles. The summed E-state index contributed by atoms with van der Waals surface area (Å²) in [5, 5.41) is 18.4. The Morgan fingerprint density at radius 3 is 2.78 bits per heavy atom. The summed E-state index contributed by atoms with van der Waals surface area (Å²) < 4.78 is 1.50. The van der Waals surface area contributed by atoms with Crippen LogP contribution in [0.3, 0.4) is 0 Å². The van der Waals surface area contributed by atoms with Crippen LogP contribution in [0, 0.1) is 0 Å². The average Bonchev–Trinajstić information content (AvgIpc) is 2.72. The SMILES string of the molecule is CNCCCC(=O)NC(C(=O)O)c1cnn(C)c1. The fourth-order valence-electron chi connectivity index (χ4n) is 1.54. The molecule has 0 aromatic carbocycles. The van der Waals surface area contributed by atoms with Crippen LogP contribution in [0.2, 0.25) is 0 Å². The van der Waals surface area contributed by atoms with E-state index in [2.05, 4.69) is 15.7 Å². The van der Waals surface area contributed by atoms with Crippen LogP contribution >= 0.6 is 0 Å². The molecule has 7 heteroatoms. The maximum atomic E-state index is 11.6. The molecule has 3 N–H and O–H groups in total. The standard InChI is InChI=1S/C11H18N4O3/c1-12-5-3-4-9(16)14-10(11(17)18)8-6-13-15(2)7-8/h6-7,10,12H,3-5H2,1-2H3,(H,14,16)(H,17,18). The van der Waals surface area contributed by atoms with E-state index in [-0.39, 0.29) is 5.91 Å². The van der Waals surface area contributed by atoms with E-state index in [4.69, 9.17) is 5.11 Å². The van der Waals surface area contributed by atoms with Gasteiger partial charge in [0.15, 0.2) is 6.04 Å². The lowest BCUT2D eigenvalue weighted by molar-refractivity contribution is -0.142. The van der Waals surface area contributed by atoms with E-state index in [9.17, 15) is 9.59 Å². The fraction of sp³-hybridized carbons (Fsp3) is 0.545. The largest absolute Gasteiger partial charge is 0.479 e. The van der Waals surface area contributed by atoms with Gasteiger partial charge >= 0.3 is 5.97 Å². The number of hydrogen-bond donors (Lipinski definition) is 3. The summed E-state index contributed by atoms with van der Waals surface area (Å²) in [6, 6.07) is -1.04. The maximum Gasteiger partial charge on any atom is 0.331 e. The Hall–Kier alpha value is -1.89. The lowest BCUT2D eigenvalue weighted by Crippen LogP contribution is -2.33. The predicted octanol–water partition coefficient (Wildman–Crippen LogP) is -0.338. The molecule has 0 radical (unpaired) electrons. The van der Waals surface area contributed by atoms with Crippen molar-refractivity contribution in [1.29, 1.82) is 0 Å². The Labute approximate surface area is 105 Å². The number of hydrogen-bond acceptors (Lipinski definition) is 4. The van der Waals surface area contributed by atoms with Gasteiger partial charge in [0.1, 0.15) is 0 Å². The van der Waals surface area contributed by atoms with Crippen molar-refractivity contribution in [2.45, 2.75) is 18.9 Å². The van der Waals surface area contributed by atoms with Crippen LogP contribution in [0.15, 0.2) is 12.4 Å². The zero-order chi connectivity index (χ0) is 13.5. The Morgan fingerprint density at radius 1 is 1.56 bits per heavy atom. The highest BCUT2D eigenvalue weighted by Crippen LogP contribution is 2.12. The normalized spacial score (nSPS) is 12.1. The highest BCUT2D eigenvalue weighted by molar-refractivity contribution is 5.84. The summed E-state index contributed by atoms with van der Waals surface area (Å²) in [6.45, 7) is 0.720. The van der Waals surface area contributed by atoms with E-state index < -0.39 is 12.0 Å². The third-order valence-corrected chi connectivity index (χ3v) is 2.44. The first-order valence-electron chi connectivity index (χ1n) is 5.70. The number of aromatic nitrogens is 2. The van der Waals surface area contributed by atoms with Gasteiger partial charge in [-0.25, -0.2) is 4.79 Å². The molecule has 0 saturated heterocycles. The minimum absolute atomic E-state index is 0.276. The van der Waals surface area contributed by atoms with E-state index in [0.29, 0.717) is 18.4 Å². The quantitative estimate of drug-likeness (QED) is 0.579. The molecule has 1 aromatic rings. The number of aryl methyl sites for hydroxylation is 1. The van der Waals surface area contributed by atoms with Crippen LogP contribution < -0.4 is 10.6 Å². The first-order chi connectivity index (χ1) is 8.54. The summed E-state index contributed by atoms with van der Waals surface area (Å²) >= 11 is 0. The van der Waals surface area contributed by atoms with Crippen LogP contribution in [-0.2, 0) is 16.6 Å². The molecular weight excluding hydrogens is 236 g/mol. The monoisotopic (exact) mass is 254 g/mol. The van der Waals surface area contributed by atoms with E-state index in [1.165, 1.54) is 10.9 Å². The van der Waals surface area contributed by atoms with Gasteiger partial charge in [-0.05, 0) is 20.0 Å². The number of rotatable bonds is 7. The van der Waals surface area contributed by atoms with Crippen molar-refractivity contribution in [2.24, 2.45) is 7.05 Å². The minimum atomic E-state index is -1.09. The Balaban J connectivity index is 2.59. The number of carbonyl (C=O) groups is 2. The minimum Gasteiger partial charge on any atom is -0.479 e. The molecule has 0 bridgehead atoms. The highest BCUT2D eigenvalue weighted by Gasteiger charge is 2.22. The number of nitrogens with one attached hydrogen (secondary N) is 2. The molecule has 0 saturated carbocycles. The topological polar surface area (TPSA) is 96.2 Å². The molecule has 1 atom stereocenters. The zero-order valence-electron chi connectivity index (χ0n) is 10.5. The number of carboxylic acids is 1. The first kappa shape index (κ1) is 14.2. The second-order valence-electron chi connectivity index (χ2n) is 3.99. The molecule has 7 nitrogen and oxygen atoms in total. The van der Waals surface area contributed by atoms with Crippen LogP contribution in [0.4, 0.5) is 0 Å². The van der Waals surface area contributed by atoms with Crippen LogP contribution in [-0.4, -0.2) is 40.4 Å². The fourth-order valence-corrected chi connectivity index (χ4v) is 1.54. The highest BCUT2D eigenvalue weighted by atomic mass is 16.4. The second kappa shape index (κ2) is 6.75. The number of carboxylic acid groups (broad SMARTS) is 1. The molecular formula is C11H18N4O3. The van der Waals surface area contributed by atoms with Gasteiger partial charge in [0.05, 0.1) is 6.20 Å². The Morgan fingerprint density at radius 2 is 2.28 bits per heavy atom. The molecule has 100 valence electrons. The molecule has 0 spiro atoms. The van der Waals surface area contributed by atoms with E-state index in [1.807, 2.05) is 0 Å². The van der Waals surface area contributed by atoms with Crippen molar-refractivity contribution < 1.29 is 14.7 Å². The maximum absolute atomic E-state index is 11.6. The molecule has 0 fully saturated rings. The van der Waals surface area contributed by atoms with Crippen LogP contribution in [0.5, 0.6) is 0 Å². The molecule has 0 aliphatic rings. The van der Waals surface area contributed by atoms with Crippen molar-refractivity contribution in [2.75, 3.05) is 13.6 Å². The summed E-state index contributed by atoms with van der Waals surface area (Å²) in [4.78, 5) is 22.7. The lowest BCUT2D eigenvalue weighted by atomic mass is 10.1. The Bertz CT molecular complexity index is 416. The number of nitrogens with zero attached hydrogens (tertiary/aromatic N) is 2. The molecule has 18 heavy (non-hydrogen) atoms. The third kappa shape index (κ3) is 4.17. The van der Waals surface area contributed by atoms with Crippen molar-refractivity contribution in [3.63, 3.8) is 0 Å². The Kier molecular flexibility index (Phi) is 5.31. The van der Waals surface area contributed by atoms with Gasteiger partial charge in [0.2, 0.25) is 5.91 Å². The summed E-state index contributed by atoms with van der Waals surface area (Å²) in [5.74, 6) is -1.37. The van der Waals surface area contributed by atoms with Crippen LogP contribution in [0.1, 0.15) is 24.4 Å². The summed E-state index contributed by atoms with van der Waals surface area (Å²) in [7, 11) is 3.49. The van der Waals surface area contributed by atoms with Crippen molar-refractivity contribution in [1.82, 2.24) is 20.4 Å². The van der Waals surface area contributed by atoms with Gasteiger partial charge in [0.25, 0.3) is 0 Å². The van der Waals surface area contributed by atoms with Crippen molar-refractivity contribution >= 4 is 11.9 Å². The third-order valence-electron chi connectivity index (χ3n) is 2.44. The molecule has 0 aliphatic carbocycles. The molecule has 1 heterocycles. The lowest BCUT2D eigenvalue weighted by Gasteiger charge is -2.12. The molecule has 1 unspecified atom stereocenters. The number of amides is 1. The van der Waals surface area contributed by atoms with Crippen molar-refractivity contribution in [3.8, 4) is 0 Å². The zero-order valence-corrected chi connectivity index (χ0v) is 10.5. The molecule has 1 rings (SSSR count). The van der Waals surface area contributed by atoms with E-state index in [0.717, 1.165) is 6.54 Å². The smallest absolute Gasteiger partial charge is 0.331 e. The predicted molar refractivity (Wildman–Crippen MR) is 64.9 cm³/mol. The van der Waals surface area contributed by atoms with Gasteiger partial charge in [-0.15, -0.1) is 0 Å². The van der Waals surface area contributed by atoms with E-state index in [1.54, 1.807) is 20.3 Å². The summed E-state index contributed by atoms with van der Waals surface area (Å²) in [5.41, 5.74) is 0.465. The average molecular weight is 254 g/mol. The van der Waals surface area contributed by atoms with Gasteiger partial charge in [0, 0.05) is 25.2 Å². The number of aliphatic carboxylic acids is 1. The van der Waals surface area contributed by atoms with Crippen LogP contribution in [0.25, 0.3) is 0 Å². The van der Waals surface area contributed by atoms with Crippen molar-refractivity contribution in [3.05, 3.63) is 18.0 Å². The summed E-state index contributed by atoms with van der Waals surface area (Å²) in [6.07, 6.45) is 3.98. The molecule has 1 amide bonds. The second-order valence-corrected chi connectivity index (χ2v) is 3.99. The van der Waals surface area contributed by atoms with Gasteiger partial charge in [-0.3, -0.25) is 9.48 Å². The number of carbonyl (C=O) groups excluding carboxylic acids is 1. The van der Waals surface area contributed by atoms with E-state index >= 15 is 0 Å². The van der Waals surface area contributed by atoms with Gasteiger partial charge in [-0.2, -0.15) is 5.10 Å². The van der Waals surface area contributed by atoms with Gasteiger partial charge < -0.3 is 15.7 Å². The molecule has 0 aliphatic heterocycles. The van der Waals surface area contributed by atoms with Gasteiger partial charge in [-0.1, -0.05) is 0 Å². The first-order valence-corrected chi connectivity index (χ1v) is 5.70.